The molecule has 2 aromatic rings. The first-order valence-corrected chi connectivity index (χ1v) is 9.87. The SMILES string of the molecule is CNC(=O)N1CCCC(c2cccc(C(=O)NCc3ccc4c(c3)OCO4)c2)C1. The zero-order valence-electron chi connectivity index (χ0n) is 16.4. The maximum atomic E-state index is 12.7. The van der Waals surface area contributed by atoms with E-state index in [-0.39, 0.29) is 24.6 Å². The van der Waals surface area contributed by atoms with Crippen molar-refractivity contribution in [3.8, 4) is 11.5 Å². The van der Waals surface area contributed by atoms with Crippen LogP contribution in [-0.4, -0.2) is 43.8 Å². The Hall–Kier alpha value is -3.22. The van der Waals surface area contributed by atoms with Gasteiger partial charge in [-0.2, -0.15) is 0 Å². The zero-order chi connectivity index (χ0) is 20.2. The quantitative estimate of drug-likeness (QED) is 0.834. The predicted octanol–water partition coefficient (Wildman–Crippen LogP) is 2.86. The second-order valence-corrected chi connectivity index (χ2v) is 7.34. The molecule has 4 rings (SSSR count). The van der Waals surface area contributed by atoms with Gasteiger partial charge in [-0.15, -0.1) is 0 Å². The van der Waals surface area contributed by atoms with Crippen LogP contribution >= 0.6 is 0 Å². The normalized spacial score (nSPS) is 17.7. The van der Waals surface area contributed by atoms with Crippen LogP contribution in [0, 0.1) is 0 Å². The number of amides is 3. The van der Waals surface area contributed by atoms with Crippen molar-refractivity contribution in [1.29, 1.82) is 0 Å². The van der Waals surface area contributed by atoms with Gasteiger partial charge in [-0.25, -0.2) is 4.79 Å². The van der Waals surface area contributed by atoms with Gasteiger partial charge in [-0.3, -0.25) is 4.79 Å². The highest BCUT2D eigenvalue weighted by atomic mass is 16.7. The standard InChI is InChI=1S/C22H25N3O4/c1-23-22(27)25-9-3-6-18(13-25)16-4-2-5-17(11-16)21(26)24-12-15-7-8-19-20(10-15)29-14-28-19/h2,4-5,7-8,10-11,18H,3,6,9,12-14H2,1H3,(H,23,27)(H,24,26). The second-order valence-electron chi connectivity index (χ2n) is 7.34. The van der Waals surface area contributed by atoms with Crippen molar-refractivity contribution in [3.05, 3.63) is 59.2 Å². The summed E-state index contributed by atoms with van der Waals surface area (Å²) in [6.07, 6.45) is 1.97. The van der Waals surface area contributed by atoms with Crippen molar-refractivity contribution in [3.63, 3.8) is 0 Å². The first-order valence-electron chi connectivity index (χ1n) is 9.87. The third-order valence-corrected chi connectivity index (χ3v) is 5.43. The molecule has 3 amide bonds. The summed E-state index contributed by atoms with van der Waals surface area (Å²) in [6, 6.07) is 13.3. The van der Waals surface area contributed by atoms with E-state index in [0.29, 0.717) is 24.4 Å². The summed E-state index contributed by atoms with van der Waals surface area (Å²) in [7, 11) is 1.65. The molecule has 7 heteroatoms. The molecule has 152 valence electrons. The van der Waals surface area contributed by atoms with Gasteiger partial charge in [0.15, 0.2) is 11.5 Å². The number of hydrogen-bond donors (Lipinski definition) is 2. The van der Waals surface area contributed by atoms with Crippen molar-refractivity contribution in [2.24, 2.45) is 0 Å². The van der Waals surface area contributed by atoms with Crippen molar-refractivity contribution < 1.29 is 19.1 Å². The van der Waals surface area contributed by atoms with E-state index >= 15 is 0 Å². The van der Waals surface area contributed by atoms with Crippen molar-refractivity contribution in [2.75, 3.05) is 26.9 Å². The number of rotatable bonds is 4. The monoisotopic (exact) mass is 395 g/mol. The summed E-state index contributed by atoms with van der Waals surface area (Å²) >= 11 is 0. The number of piperidine rings is 1. The van der Waals surface area contributed by atoms with Crippen LogP contribution in [0.25, 0.3) is 0 Å². The molecule has 0 bridgehead atoms. The van der Waals surface area contributed by atoms with Crippen molar-refractivity contribution in [2.45, 2.75) is 25.3 Å². The number of carbonyl (C=O) groups excluding carboxylic acids is 2. The maximum Gasteiger partial charge on any atom is 0.317 e. The van der Waals surface area contributed by atoms with Crippen molar-refractivity contribution >= 4 is 11.9 Å². The molecule has 1 atom stereocenters. The number of hydrogen-bond acceptors (Lipinski definition) is 4. The van der Waals surface area contributed by atoms with Crippen LogP contribution in [0.4, 0.5) is 4.79 Å². The molecule has 0 aromatic heterocycles. The van der Waals surface area contributed by atoms with Crippen molar-refractivity contribution in [1.82, 2.24) is 15.5 Å². The third-order valence-electron chi connectivity index (χ3n) is 5.43. The summed E-state index contributed by atoms with van der Waals surface area (Å²) in [6.45, 7) is 2.08. The first kappa shape index (κ1) is 19.1. The Morgan fingerprint density at radius 1 is 1.14 bits per heavy atom. The Morgan fingerprint density at radius 2 is 2.00 bits per heavy atom. The molecule has 29 heavy (non-hydrogen) atoms. The fourth-order valence-electron chi connectivity index (χ4n) is 3.86. The lowest BCUT2D eigenvalue weighted by molar-refractivity contribution is 0.0950. The molecule has 7 nitrogen and oxygen atoms in total. The molecule has 2 aromatic carbocycles. The highest BCUT2D eigenvalue weighted by molar-refractivity contribution is 5.94. The molecule has 0 radical (unpaired) electrons. The van der Waals surface area contributed by atoms with Gasteiger partial charge >= 0.3 is 6.03 Å². The van der Waals surface area contributed by atoms with E-state index in [1.165, 1.54) is 0 Å². The van der Waals surface area contributed by atoms with E-state index < -0.39 is 0 Å². The largest absolute Gasteiger partial charge is 0.454 e. The van der Waals surface area contributed by atoms with Gasteiger partial charge in [0, 0.05) is 38.2 Å². The van der Waals surface area contributed by atoms with Crippen LogP contribution in [-0.2, 0) is 6.54 Å². The van der Waals surface area contributed by atoms with Crippen LogP contribution in [0.1, 0.15) is 40.2 Å². The van der Waals surface area contributed by atoms with Gasteiger partial charge in [-0.1, -0.05) is 18.2 Å². The number of nitrogens with zero attached hydrogens (tertiary/aromatic N) is 1. The molecule has 0 saturated carbocycles. The highest BCUT2D eigenvalue weighted by Gasteiger charge is 2.24. The predicted molar refractivity (Wildman–Crippen MR) is 108 cm³/mol. The summed E-state index contributed by atoms with van der Waals surface area (Å²) in [5, 5.41) is 5.65. The fraction of sp³-hybridized carbons (Fsp3) is 0.364. The van der Waals surface area contributed by atoms with Gasteiger partial charge in [0.2, 0.25) is 6.79 Å². The molecule has 1 saturated heterocycles. The summed E-state index contributed by atoms with van der Waals surface area (Å²) < 4.78 is 10.7. The van der Waals surface area contributed by atoms with Gasteiger partial charge < -0.3 is 25.0 Å². The zero-order valence-corrected chi connectivity index (χ0v) is 16.4. The Labute approximate surface area is 170 Å². The van der Waals surface area contributed by atoms with Gasteiger partial charge in [0.25, 0.3) is 5.91 Å². The van der Waals surface area contributed by atoms with Crippen LogP contribution in [0.5, 0.6) is 11.5 Å². The van der Waals surface area contributed by atoms with Crippen LogP contribution < -0.4 is 20.1 Å². The van der Waals surface area contributed by atoms with E-state index in [4.69, 9.17) is 9.47 Å². The molecule has 2 heterocycles. The molecular weight excluding hydrogens is 370 g/mol. The minimum absolute atomic E-state index is 0.0488. The topological polar surface area (TPSA) is 79.9 Å². The number of carbonyl (C=O) groups is 2. The number of ether oxygens (including phenoxy) is 2. The summed E-state index contributed by atoms with van der Waals surface area (Å²) in [5.74, 6) is 1.55. The van der Waals surface area contributed by atoms with Gasteiger partial charge in [-0.05, 0) is 48.2 Å². The minimum Gasteiger partial charge on any atom is -0.454 e. The molecular formula is C22H25N3O4. The van der Waals surface area contributed by atoms with Gasteiger partial charge in [0.05, 0.1) is 0 Å². The van der Waals surface area contributed by atoms with E-state index in [1.54, 1.807) is 7.05 Å². The van der Waals surface area contributed by atoms with E-state index in [1.807, 2.05) is 47.4 Å². The lowest BCUT2D eigenvalue weighted by atomic mass is 9.89. The van der Waals surface area contributed by atoms with Crippen LogP contribution in [0.2, 0.25) is 0 Å². The highest BCUT2D eigenvalue weighted by Crippen LogP contribution is 2.32. The average molecular weight is 395 g/mol. The molecule has 1 fully saturated rings. The Bertz CT molecular complexity index is 915. The maximum absolute atomic E-state index is 12.7. The lowest BCUT2D eigenvalue weighted by Gasteiger charge is -2.32. The number of nitrogens with one attached hydrogen (secondary N) is 2. The summed E-state index contributed by atoms with van der Waals surface area (Å²) in [5.41, 5.74) is 2.67. The van der Waals surface area contributed by atoms with E-state index in [2.05, 4.69) is 10.6 Å². The average Bonchev–Trinajstić information content (AvgIpc) is 3.25. The molecule has 0 spiro atoms. The van der Waals surface area contributed by atoms with E-state index in [9.17, 15) is 9.59 Å². The molecule has 2 N–H and O–H groups in total. The first-order chi connectivity index (χ1) is 14.1. The number of benzene rings is 2. The van der Waals surface area contributed by atoms with Gasteiger partial charge in [0.1, 0.15) is 0 Å². The summed E-state index contributed by atoms with van der Waals surface area (Å²) in [4.78, 5) is 26.4. The Kier molecular flexibility index (Phi) is 5.55. The molecule has 2 aliphatic rings. The minimum atomic E-state index is -0.122. The third kappa shape index (κ3) is 4.29. The van der Waals surface area contributed by atoms with Crippen LogP contribution in [0.15, 0.2) is 42.5 Å². The molecule has 2 aliphatic heterocycles. The van der Waals surface area contributed by atoms with E-state index in [0.717, 1.165) is 36.3 Å². The lowest BCUT2D eigenvalue weighted by Crippen LogP contribution is -2.43. The fourth-order valence-corrected chi connectivity index (χ4v) is 3.86. The smallest absolute Gasteiger partial charge is 0.317 e. The second kappa shape index (κ2) is 8.43. The Balaban J connectivity index is 1.40. The molecule has 0 aliphatic carbocycles. The molecule has 1 unspecified atom stereocenters. The van der Waals surface area contributed by atoms with Crippen LogP contribution in [0.3, 0.4) is 0 Å². The number of fused-ring (bicyclic) bond motifs is 1. The number of urea groups is 1. The Morgan fingerprint density at radius 3 is 2.86 bits per heavy atom. The number of likely N-dealkylation sites (tertiary alicyclic amines) is 1.